The highest BCUT2D eigenvalue weighted by Crippen LogP contribution is 2.38. The first-order valence-electron chi connectivity index (χ1n) is 5.13. The molecule has 2 aromatic rings. The molecule has 2 aromatic carbocycles. The van der Waals surface area contributed by atoms with Crippen LogP contribution in [0, 0.1) is 10.5 Å². The quantitative estimate of drug-likeness (QED) is 0.547. The first-order chi connectivity index (χ1) is 7.25. The SMILES string of the molecule is Cc1ccc2c(c1)-c1cccc(I)c1C2. The van der Waals surface area contributed by atoms with Crippen LogP contribution in [0.1, 0.15) is 16.7 Å². The molecule has 0 N–H and O–H groups in total. The van der Waals surface area contributed by atoms with E-state index >= 15 is 0 Å². The Morgan fingerprint density at radius 1 is 1.07 bits per heavy atom. The Morgan fingerprint density at radius 2 is 1.93 bits per heavy atom. The summed E-state index contributed by atoms with van der Waals surface area (Å²) in [4.78, 5) is 0. The van der Waals surface area contributed by atoms with Crippen molar-refractivity contribution in [2.24, 2.45) is 0 Å². The second-order valence-corrected chi connectivity index (χ2v) is 5.27. The van der Waals surface area contributed by atoms with Gasteiger partial charge in [0.2, 0.25) is 0 Å². The van der Waals surface area contributed by atoms with Crippen molar-refractivity contribution >= 4 is 22.6 Å². The van der Waals surface area contributed by atoms with E-state index in [0.29, 0.717) is 0 Å². The molecule has 1 aliphatic rings. The summed E-state index contributed by atoms with van der Waals surface area (Å²) < 4.78 is 1.39. The van der Waals surface area contributed by atoms with Gasteiger partial charge in [0, 0.05) is 3.57 Å². The zero-order valence-electron chi connectivity index (χ0n) is 8.55. The Kier molecular flexibility index (Phi) is 2.09. The fourth-order valence-electron chi connectivity index (χ4n) is 2.28. The van der Waals surface area contributed by atoms with Crippen LogP contribution < -0.4 is 0 Å². The summed E-state index contributed by atoms with van der Waals surface area (Å²) in [5.41, 5.74) is 7.18. The van der Waals surface area contributed by atoms with E-state index in [1.807, 2.05) is 0 Å². The van der Waals surface area contributed by atoms with Gasteiger partial charge in [0.25, 0.3) is 0 Å². The first-order valence-corrected chi connectivity index (χ1v) is 6.21. The van der Waals surface area contributed by atoms with Crippen molar-refractivity contribution in [3.05, 3.63) is 56.7 Å². The predicted octanol–water partition coefficient (Wildman–Crippen LogP) is 4.17. The van der Waals surface area contributed by atoms with E-state index in [1.165, 1.54) is 31.4 Å². The van der Waals surface area contributed by atoms with Gasteiger partial charge < -0.3 is 0 Å². The maximum Gasteiger partial charge on any atom is 0.0171 e. The molecule has 0 spiro atoms. The molecular formula is C14H11I. The van der Waals surface area contributed by atoms with Crippen LogP contribution in [-0.4, -0.2) is 0 Å². The van der Waals surface area contributed by atoms with E-state index < -0.39 is 0 Å². The van der Waals surface area contributed by atoms with E-state index in [0.717, 1.165) is 6.42 Å². The van der Waals surface area contributed by atoms with Crippen molar-refractivity contribution in [3.8, 4) is 11.1 Å². The van der Waals surface area contributed by atoms with Gasteiger partial charge in [-0.3, -0.25) is 0 Å². The van der Waals surface area contributed by atoms with Crippen LogP contribution in [0.3, 0.4) is 0 Å². The molecule has 0 bridgehead atoms. The van der Waals surface area contributed by atoms with Gasteiger partial charge in [-0.1, -0.05) is 35.9 Å². The Balaban J connectivity index is 2.31. The monoisotopic (exact) mass is 306 g/mol. The van der Waals surface area contributed by atoms with Crippen molar-refractivity contribution in [2.75, 3.05) is 0 Å². The van der Waals surface area contributed by atoms with Gasteiger partial charge >= 0.3 is 0 Å². The highest BCUT2D eigenvalue weighted by Gasteiger charge is 2.19. The van der Waals surface area contributed by atoms with Gasteiger partial charge in [0.05, 0.1) is 0 Å². The molecule has 0 aromatic heterocycles. The van der Waals surface area contributed by atoms with Crippen LogP contribution in [0.5, 0.6) is 0 Å². The molecule has 1 aliphatic carbocycles. The largest absolute Gasteiger partial charge is 0.0606 e. The van der Waals surface area contributed by atoms with Crippen LogP contribution >= 0.6 is 22.6 Å². The van der Waals surface area contributed by atoms with E-state index in [4.69, 9.17) is 0 Å². The molecule has 0 unspecified atom stereocenters. The number of fused-ring (bicyclic) bond motifs is 3. The van der Waals surface area contributed by atoms with Gasteiger partial charge in [-0.2, -0.15) is 0 Å². The van der Waals surface area contributed by atoms with Gasteiger partial charge in [-0.05, 0) is 64.3 Å². The Hall–Kier alpha value is -0.830. The number of halogens is 1. The Bertz CT molecular complexity index is 541. The molecule has 0 atom stereocenters. The minimum atomic E-state index is 1.10. The first kappa shape index (κ1) is 9.40. The van der Waals surface area contributed by atoms with Crippen molar-refractivity contribution in [2.45, 2.75) is 13.3 Å². The van der Waals surface area contributed by atoms with Crippen LogP contribution in [0.25, 0.3) is 11.1 Å². The number of rotatable bonds is 0. The average molecular weight is 306 g/mol. The lowest BCUT2D eigenvalue weighted by atomic mass is 10.0. The van der Waals surface area contributed by atoms with E-state index in [1.54, 1.807) is 0 Å². The molecule has 0 heterocycles. The van der Waals surface area contributed by atoms with E-state index in [9.17, 15) is 0 Å². The molecule has 1 heteroatoms. The maximum atomic E-state index is 2.43. The summed E-state index contributed by atoms with van der Waals surface area (Å²) in [5, 5.41) is 0. The van der Waals surface area contributed by atoms with Crippen LogP contribution in [-0.2, 0) is 6.42 Å². The van der Waals surface area contributed by atoms with Gasteiger partial charge in [0.15, 0.2) is 0 Å². The molecule has 0 saturated heterocycles. The highest BCUT2D eigenvalue weighted by molar-refractivity contribution is 14.1. The summed E-state index contributed by atoms with van der Waals surface area (Å²) in [6.07, 6.45) is 1.10. The summed E-state index contributed by atoms with van der Waals surface area (Å²) in [6, 6.07) is 13.4. The molecule has 0 amide bonds. The Labute approximate surface area is 103 Å². The topological polar surface area (TPSA) is 0 Å². The number of hydrogen-bond donors (Lipinski definition) is 0. The van der Waals surface area contributed by atoms with Crippen LogP contribution in [0.15, 0.2) is 36.4 Å². The molecule has 0 nitrogen and oxygen atoms in total. The van der Waals surface area contributed by atoms with Gasteiger partial charge in [0.1, 0.15) is 0 Å². The fourth-order valence-corrected chi connectivity index (χ4v) is 2.97. The number of aryl methyl sites for hydroxylation is 1. The van der Waals surface area contributed by atoms with Gasteiger partial charge in [-0.15, -0.1) is 0 Å². The molecular weight excluding hydrogens is 295 g/mol. The van der Waals surface area contributed by atoms with E-state index in [2.05, 4.69) is 65.9 Å². The lowest BCUT2D eigenvalue weighted by Crippen LogP contribution is -1.84. The molecule has 0 aliphatic heterocycles. The molecule has 15 heavy (non-hydrogen) atoms. The number of benzene rings is 2. The smallest absolute Gasteiger partial charge is 0.0171 e. The van der Waals surface area contributed by atoms with Crippen LogP contribution in [0.2, 0.25) is 0 Å². The van der Waals surface area contributed by atoms with Crippen molar-refractivity contribution in [3.63, 3.8) is 0 Å². The van der Waals surface area contributed by atoms with Crippen molar-refractivity contribution < 1.29 is 0 Å². The third kappa shape index (κ3) is 1.41. The lowest BCUT2D eigenvalue weighted by molar-refractivity contribution is 1.24. The fraction of sp³-hybridized carbons (Fsp3) is 0.143. The van der Waals surface area contributed by atoms with Gasteiger partial charge in [-0.25, -0.2) is 0 Å². The van der Waals surface area contributed by atoms with Crippen molar-refractivity contribution in [1.82, 2.24) is 0 Å². The molecule has 3 rings (SSSR count). The number of hydrogen-bond acceptors (Lipinski definition) is 0. The van der Waals surface area contributed by atoms with Crippen LogP contribution in [0.4, 0.5) is 0 Å². The molecule has 0 radical (unpaired) electrons. The third-order valence-electron chi connectivity index (χ3n) is 3.04. The average Bonchev–Trinajstić information content (AvgIpc) is 2.58. The second-order valence-electron chi connectivity index (χ2n) is 4.10. The summed E-state index contributed by atoms with van der Waals surface area (Å²) in [6.45, 7) is 2.16. The molecule has 0 fully saturated rings. The summed E-state index contributed by atoms with van der Waals surface area (Å²) >= 11 is 2.43. The maximum absolute atomic E-state index is 2.43. The highest BCUT2D eigenvalue weighted by atomic mass is 127. The molecule has 0 saturated carbocycles. The van der Waals surface area contributed by atoms with E-state index in [-0.39, 0.29) is 0 Å². The third-order valence-corrected chi connectivity index (χ3v) is 4.05. The lowest BCUT2D eigenvalue weighted by Gasteiger charge is -2.02. The Morgan fingerprint density at radius 3 is 2.80 bits per heavy atom. The normalized spacial score (nSPS) is 12.4. The molecule has 74 valence electrons. The predicted molar refractivity (Wildman–Crippen MR) is 72.1 cm³/mol. The second kappa shape index (κ2) is 3.34. The zero-order chi connectivity index (χ0) is 10.4. The summed E-state index contributed by atoms with van der Waals surface area (Å²) in [5.74, 6) is 0. The minimum absolute atomic E-state index is 1.10. The minimum Gasteiger partial charge on any atom is -0.0606 e. The standard InChI is InChI=1S/C14H11I/c1-9-5-6-10-8-13-11(12(10)7-9)3-2-4-14(13)15/h2-7H,8H2,1H3. The zero-order valence-corrected chi connectivity index (χ0v) is 10.7. The summed E-state index contributed by atoms with van der Waals surface area (Å²) in [7, 11) is 0. The van der Waals surface area contributed by atoms with Crippen molar-refractivity contribution in [1.29, 1.82) is 0 Å².